The molecule has 0 fully saturated rings. The zero-order valence-electron chi connectivity index (χ0n) is 12.5. The summed E-state index contributed by atoms with van der Waals surface area (Å²) in [5.74, 6) is 0.784. The van der Waals surface area contributed by atoms with Crippen LogP contribution in [0, 0.1) is 0 Å². The van der Waals surface area contributed by atoms with E-state index in [2.05, 4.69) is 5.16 Å². The second-order valence-electron chi connectivity index (χ2n) is 4.83. The van der Waals surface area contributed by atoms with E-state index in [0.29, 0.717) is 16.9 Å². The molecule has 0 aliphatic rings. The average Bonchev–Trinajstić information content (AvgIpc) is 2.97. The maximum atomic E-state index is 13.1. The second-order valence-corrected chi connectivity index (χ2v) is 7.09. The van der Waals surface area contributed by atoms with Crippen molar-refractivity contribution in [2.24, 2.45) is 0 Å². The summed E-state index contributed by atoms with van der Waals surface area (Å²) in [5, 5.41) is -0.400. The fourth-order valence-electron chi connectivity index (χ4n) is 2.20. The van der Waals surface area contributed by atoms with Crippen LogP contribution in [-0.2, 0) is 0 Å². The van der Waals surface area contributed by atoms with Gasteiger partial charge in [-0.3, -0.25) is 0 Å². The van der Waals surface area contributed by atoms with Crippen molar-refractivity contribution in [3.63, 3.8) is 0 Å². The number of aromatic nitrogens is 1. The minimum absolute atomic E-state index is 0.0892. The summed E-state index contributed by atoms with van der Waals surface area (Å²) in [6.45, 7) is 0. The number of methoxy groups -OCH3 is 1. The van der Waals surface area contributed by atoms with Gasteiger partial charge in [-0.25, -0.2) is 0 Å². The Labute approximate surface area is 142 Å². The van der Waals surface area contributed by atoms with Crippen LogP contribution in [0.2, 0.25) is 0 Å². The quantitative estimate of drug-likeness (QED) is 0.626. The molecule has 1 aromatic heterocycles. The predicted octanol–water partition coefficient (Wildman–Crippen LogP) is 3.87. The Morgan fingerprint density at radius 1 is 0.958 bits per heavy atom. The summed E-state index contributed by atoms with van der Waals surface area (Å²) >= 11 is -1.77. The third kappa shape index (κ3) is 3.63. The number of hydrogen-bond donors (Lipinski definition) is 0. The van der Waals surface area contributed by atoms with Gasteiger partial charge in [0.2, 0.25) is 0 Å². The van der Waals surface area contributed by atoms with Gasteiger partial charge in [0.1, 0.15) is 0 Å². The topological polar surface area (TPSA) is 35.3 Å². The zero-order chi connectivity index (χ0) is 17.2. The first-order chi connectivity index (χ1) is 11.5. The Balaban J connectivity index is 2.10. The summed E-state index contributed by atoms with van der Waals surface area (Å²) in [6, 6.07) is 15.4. The van der Waals surface area contributed by atoms with Crippen molar-refractivity contribution in [3.8, 4) is 28.3 Å². The van der Waals surface area contributed by atoms with Crippen molar-refractivity contribution in [3.05, 3.63) is 54.6 Å². The monoisotopic (exact) mass is 399 g/mol. The molecule has 0 radical (unpaired) electrons. The number of halogens is 3. The molecular formula is C17H12F3NO2Se. The predicted molar refractivity (Wildman–Crippen MR) is 85.4 cm³/mol. The third-order valence-corrected chi connectivity index (χ3v) is 4.98. The Hall–Kier alpha value is -2.24. The van der Waals surface area contributed by atoms with Crippen molar-refractivity contribution in [2.75, 3.05) is 7.11 Å². The molecule has 24 heavy (non-hydrogen) atoms. The van der Waals surface area contributed by atoms with Crippen LogP contribution >= 0.6 is 0 Å². The molecule has 0 aliphatic heterocycles. The molecule has 0 saturated carbocycles. The third-order valence-electron chi connectivity index (χ3n) is 3.27. The average molecular weight is 398 g/mol. The molecule has 3 rings (SSSR count). The van der Waals surface area contributed by atoms with E-state index in [0.717, 1.165) is 0 Å². The number of nitrogens with zero attached hydrogens (tertiary/aromatic N) is 1. The standard InChI is InChI=1S/C17H12F3NO2Se/c1-22-13-9-7-11(8-10-13)14-16(24-17(18,19)20)15(23-21-14)12-5-3-2-4-6-12/h2-10H,1H3. The summed E-state index contributed by atoms with van der Waals surface area (Å²) in [6.07, 6.45) is 0. The first-order valence-electron chi connectivity index (χ1n) is 6.93. The van der Waals surface area contributed by atoms with E-state index >= 15 is 0 Å². The molecule has 0 amide bonds. The summed E-state index contributed by atoms with van der Waals surface area (Å²) in [4.78, 5) is 0. The van der Waals surface area contributed by atoms with Crippen molar-refractivity contribution < 1.29 is 22.4 Å². The summed E-state index contributed by atoms with van der Waals surface area (Å²) < 4.78 is 49.6. The van der Waals surface area contributed by atoms with Gasteiger partial charge in [-0.05, 0) is 0 Å². The Morgan fingerprint density at radius 3 is 2.21 bits per heavy atom. The van der Waals surface area contributed by atoms with Crippen molar-refractivity contribution in [1.29, 1.82) is 0 Å². The molecule has 0 spiro atoms. The van der Waals surface area contributed by atoms with Crippen LogP contribution in [-0.4, -0.2) is 32.3 Å². The van der Waals surface area contributed by atoms with E-state index in [4.69, 9.17) is 9.26 Å². The maximum absolute atomic E-state index is 13.1. The molecule has 7 heteroatoms. The Bertz CT molecular complexity index is 814. The van der Waals surface area contributed by atoms with Crippen LogP contribution < -0.4 is 9.20 Å². The molecule has 0 saturated heterocycles. The van der Waals surface area contributed by atoms with E-state index < -0.39 is 20.0 Å². The molecule has 0 bridgehead atoms. The van der Waals surface area contributed by atoms with Gasteiger partial charge in [-0.15, -0.1) is 0 Å². The van der Waals surface area contributed by atoms with Crippen LogP contribution in [0.4, 0.5) is 13.2 Å². The minimum atomic E-state index is -4.30. The van der Waals surface area contributed by atoms with Crippen molar-refractivity contribution in [2.45, 2.75) is 5.07 Å². The number of hydrogen-bond acceptors (Lipinski definition) is 3. The first kappa shape index (κ1) is 16.6. The molecule has 0 atom stereocenters. The number of ether oxygens (including phenoxy) is 1. The van der Waals surface area contributed by atoms with Crippen molar-refractivity contribution >= 4 is 19.4 Å². The van der Waals surface area contributed by atoms with Gasteiger partial charge in [0.25, 0.3) is 0 Å². The van der Waals surface area contributed by atoms with Gasteiger partial charge < -0.3 is 0 Å². The van der Waals surface area contributed by atoms with Crippen LogP contribution in [0.5, 0.6) is 5.75 Å². The van der Waals surface area contributed by atoms with Gasteiger partial charge in [-0.2, -0.15) is 0 Å². The zero-order valence-corrected chi connectivity index (χ0v) is 14.2. The molecule has 124 valence electrons. The normalized spacial score (nSPS) is 11.5. The summed E-state index contributed by atoms with van der Waals surface area (Å²) in [5.41, 5.74) is 1.35. The molecular weight excluding hydrogens is 386 g/mol. The van der Waals surface area contributed by atoms with E-state index in [9.17, 15) is 13.2 Å². The molecule has 1 heterocycles. The van der Waals surface area contributed by atoms with Crippen LogP contribution in [0.25, 0.3) is 22.6 Å². The Morgan fingerprint density at radius 2 is 1.62 bits per heavy atom. The summed E-state index contributed by atoms with van der Waals surface area (Å²) in [7, 11) is 1.52. The van der Waals surface area contributed by atoms with E-state index in [1.54, 1.807) is 54.6 Å². The second kappa shape index (κ2) is 6.71. The van der Waals surface area contributed by atoms with E-state index in [-0.39, 0.29) is 15.9 Å². The number of alkyl halides is 3. The molecule has 3 aromatic rings. The molecule has 3 nitrogen and oxygen atoms in total. The van der Waals surface area contributed by atoms with Gasteiger partial charge >= 0.3 is 142 Å². The molecule has 0 aliphatic carbocycles. The van der Waals surface area contributed by atoms with Crippen LogP contribution in [0.15, 0.2) is 59.1 Å². The van der Waals surface area contributed by atoms with Crippen LogP contribution in [0.1, 0.15) is 0 Å². The number of benzene rings is 2. The van der Waals surface area contributed by atoms with E-state index in [1.165, 1.54) is 7.11 Å². The van der Waals surface area contributed by atoms with Gasteiger partial charge in [0.05, 0.1) is 0 Å². The van der Waals surface area contributed by atoms with Crippen LogP contribution in [0.3, 0.4) is 0 Å². The fraction of sp³-hybridized carbons (Fsp3) is 0.118. The van der Waals surface area contributed by atoms with Gasteiger partial charge in [0, 0.05) is 0 Å². The Kier molecular flexibility index (Phi) is 4.64. The van der Waals surface area contributed by atoms with Crippen molar-refractivity contribution in [1.82, 2.24) is 5.16 Å². The number of rotatable bonds is 4. The first-order valence-corrected chi connectivity index (χ1v) is 8.64. The van der Waals surface area contributed by atoms with Gasteiger partial charge in [-0.1, -0.05) is 0 Å². The van der Waals surface area contributed by atoms with E-state index in [1.807, 2.05) is 0 Å². The molecule has 0 unspecified atom stereocenters. The van der Waals surface area contributed by atoms with Gasteiger partial charge in [0.15, 0.2) is 0 Å². The SMILES string of the molecule is COc1ccc(-c2noc(-c3ccccc3)c2[Se]C(F)(F)F)cc1. The molecule has 0 N–H and O–H groups in total. The molecule has 2 aromatic carbocycles. The fourth-order valence-corrected chi connectivity index (χ4v) is 3.73.